The highest BCUT2D eigenvalue weighted by Crippen LogP contribution is 2.60. The molecular formula is C39H59NO4S. The first-order valence-corrected chi connectivity index (χ1v) is 19.0. The summed E-state index contributed by atoms with van der Waals surface area (Å²) < 4.78 is 6.37. The van der Waals surface area contributed by atoms with Crippen molar-refractivity contribution in [2.24, 2.45) is 23.2 Å². The van der Waals surface area contributed by atoms with Crippen LogP contribution in [0, 0.1) is 23.2 Å². The summed E-state index contributed by atoms with van der Waals surface area (Å²) >= 11 is 1.86. The molecule has 0 aliphatic heterocycles. The fraction of sp³-hybridized carbons (Fsp3) is 0.744. The van der Waals surface area contributed by atoms with E-state index in [0.29, 0.717) is 37.0 Å². The van der Waals surface area contributed by atoms with Gasteiger partial charge in [0.25, 0.3) is 0 Å². The van der Waals surface area contributed by atoms with Crippen LogP contribution in [-0.4, -0.2) is 39.5 Å². The molecule has 0 radical (unpaired) electrons. The summed E-state index contributed by atoms with van der Waals surface area (Å²) in [6.45, 7) is 13.5. The van der Waals surface area contributed by atoms with E-state index in [1.54, 1.807) is 0 Å². The molecule has 2 N–H and O–H groups in total. The van der Waals surface area contributed by atoms with Crippen LogP contribution in [0.25, 0.3) is 0 Å². The van der Waals surface area contributed by atoms with Crippen molar-refractivity contribution in [3.8, 4) is 0 Å². The molecule has 5 rings (SSSR count). The second-order valence-corrected chi connectivity index (χ2v) is 16.3. The third kappa shape index (κ3) is 7.70. The average molecular weight is 638 g/mol. The van der Waals surface area contributed by atoms with Crippen LogP contribution in [0.1, 0.15) is 140 Å². The van der Waals surface area contributed by atoms with Gasteiger partial charge >= 0.3 is 5.97 Å². The number of allylic oxidation sites excluding steroid dienone is 3. The lowest BCUT2D eigenvalue weighted by atomic mass is 9.60. The van der Waals surface area contributed by atoms with Crippen LogP contribution in [0.5, 0.6) is 0 Å². The van der Waals surface area contributed by atoms with E-state index in [2.05, 4.69) is 52.6 Å². The highest BCUT2D eigenvalue weighted by molar-refractivity contribution is 7.11. The van der Waals surface area contributed by atoms with E-state index < -0.39 is 12.2 Å². The molecule has 4 aliphatic rings. The summed E-state index contributed by atoms with van der Waals surface area (Å²) in [7, 11) is 0. The Morgan fingerprint density at radius 3 is 2.67 bits per heavy atom. The Labute approximate surface area is 276 Å². The van der Waals surface area contributed by atoms with Crippen molar-refractivity contribution >= 4 is 17.3 Å². The minimum Gasteiger partial charge on any atom is -0.461 e. The molecule has 45 heavy (non-hydrogen) atoms. The van der Waals surface area contributed by atoms with Gasteiger partial charge in [0.05, 0.1) is 17.6 Å². The topological polar surface area (TPSA) is 79.7 Å². The maximum Gasteiger partial charge on any atom is 0.306 e. The molecule has 6 heteroatoms. The Hall–Kier alpha value is -1.76. The minimum absolute atomic E-state index is 0.0340. The first-order chi connectivity index (χ1) is 21.6. The second kappa shape index (κ2) is 15.0. The number of aryl methyl sites for hydroxylation is 1. The van der Waals surface area contributed by atoms with Crippen molar-refractivity contribution in [3.05, 3.63) is 51.5 Å². The lowest BCUT2D eigenvalue weighted by Crippen LogP contribution is -2.37. The quantitative estimate of drug-likeness (QED) is 0.199. The van der Waals surface area contributed by atoms with Crippen molar-refractivity contribution in [1.29, 1.82) is 0 Å². The van der Waals surface area contributed by atoms with E-state index in [9.17, 15) is 15.0 Å². The number of hydrogen-bond acceptors (Lipinski definition) is 6. The number of aliphatic hydroxyl groups is 2. The number of carbonyl (C=O) groups is 1. The number of rotatable bonds is 14. The number of unbranched alkanes of at least 4 members (excludes halogenated alkanes) is 2. The lowest BCUT2D eigenvalue weighted by molar-refractivity contribution is -0.151. The van der Waals surface area contributed by atoms with Gasteiger partial charge in [-0.15, -0.1) is 11.3 Å². The van der Waals surface area contributed by atoms with Crippen LogP contribution in [0.2, 0.25) is 0 Å². The summed E-state index contributed by atoms with van der Waals surface area (Å²) in [4.78, 5) is 19.3. The van der Waals surface area contributed by atoms with Gasteiger partial charge in [0.2, 0.25) is 0 Å². The van der Waals surface area contributed by atoms with Gasteiger partial charge in [-0.2, -0.15) is 0 Å². The molecule has 1 heterocycles. The maximum absolute atomic E-state index is 13.0. The molecule has 250 valence electrons. The van der Waals surface area contributed by atoms with Crippen LogP contribution < -0.4 is 0 Å². The van der Waals surface area contributed by atoms with Crippen molar-refractivity contribution < 1.29 is 19.7 Å². The molecular weight excluding hydrogens is 578 g/mol. The minimum atomic E-state index is -0.644. The Kier molecular flexibility index (Phi) is 11.5. The number of ether oxygens (including phenoxy) is 1. The molecule has 0 bridgehead atoms. The third-order valence-corrected chi connectivity index (χ3v) is 13.3. The summed E-state index contributed by atoms with van der Waals surface area (Å²) in [5.41, 5.74) is 3.49. The van der Waals surface area contributed by atoms with E-state index in [0.717, 1.165) is 62.5 Å². The number of hydrogen-bond donors (Lipinski definition) is 2. The van der Waals surface area contributed by atoms with E-state index in [-0.39, 0.29) is 22.9 Å². The fourth-order valence-corrected chi connectivity index (χ4v) is 10.3. The molecule has 4 aliphatic carbocycles. The van der Waals surface area contributed by atoms with Crippen molar-refractivity contribution in [2.45, 2.75) is 161 Å². The number of esters is 1. The summed E-state index contributed by atoms with van der Waals surface area (Å²) in [5.74, 6) is 1.76. The van der Waals surface area contributed by atoms with E-state index in [1.807, 2.05) is 11.3 Å². The molecule has 1 aromatic heterocycles. The van der Waals surface area contributed by atoms with E-state index >= 15 is 0 Å². The van der Waals surface area contributed by atoms with E-state index in [4.69, 9.17) is 9.72 Å². The fourth-order valence-electron chi connectivity index (χ4n) is 9.09. The van der Waals surface area contributed by atoms with Crippen molar-refractivity contribution in [1.82, 2.24) is 4.98 Å². The third-order valence-electron chi connectivity index (χ3n) is 12.0. The number of thiazole rings is 1. The van der Waals surface area contributed by atoms with Crippen LogP contribution in [0.3, 0.4) is 0 Å². The maximum atomic E-state index is 13.0. The Balaban J connectivity index is 1.28. The van der Waals surface area contributed by atoms with Crippen molar-refractivity contribution in [3.63, 3.8) is 0 Å². The van der Waals surface area contributed by atoms with Gasteiger partial charge in [-0.3, -0.25) is 4.79 Å². The van der Waals surface area contributed by atoms with Crippen LogP contribution >= 0.6 is 11.3 Å². The predicted molar refractivity (Wildman–Crippen MR) is 184 cm³/mol. The normalized spacial score (nSPS) is 32.4. The first kappa shape index (κ1) is 34.6. The average Bonchev–Trinajstić information content (AvgIpc) is 3.53. The van der Waals surface area contributed by atoms with Crippen LogP contribution in [0.4, 0.5) is 0 Å². The second-order valence-electron chi connectivity index (χ2n) is 15.2. The Bertz CT molecular complexity index is 1240. The Morgan fingerprint density at radius 2 is 1.93 bits per heavy atom. The van der Waals surface area contributed by atoms with Gasteiger partial charge in [0.1, 0.15) is 11.1 Å². The molecule has 4 saturated carbocycles. The zero-order valence-corrected chi connectivity index (χ0v) is 29.3. The molecule has 4 fully saturated rings. The van der Waals surface area contributed by atoms with Crippen LogP contribution in [0.15, 0.2) is 41.6 Å². The molecule has 0 amide bonds. The summed E-state index contributed by atoms with van der Waals surface area (Å²) in [5, 5.41) is 21.7. The monoisotopic (exact) mass is 637 g/mol. The Morgan fingerprint density at radius 1 is 1.16 bits per heavy atom. The first-order valence-electron chi connectivity index (χ1n) is 18.2. The SMILES string of the molecule is C=C1/C(=C\C=C2/CCC[C@]3(C)[C@@H]([C@H](C)CC[C@H](OC(=O)CCCC)C4(c5ncc(CCCC)s5)CC4)CC[C@@H]23)C[C@@H](O)C[C@@H]1O. The molecule has 1 aromatic rings. The number of fused-ring (bicyclic) bond motifs is 1. The number of aromatic nitrogens is 1. The lowest BCUT2D eigenvalue weighted by Gasteiger charge is -2.44. The largest absolute Gasteiger partial charge is 0.461 e. The van der Waals surface area contributed by atoms with Gasteiger partial charge in [0, 0.05) is 23.9 Å². The van der Waals surface area contributed by atoms with Gasteiger partial charge in [-0.1, -0.05) is 64.8 Å². The summed E-state index contributed by atoms with van der Waals surface area (Å²) in [6.07, 6.45) is 22.4. The van der Waals surface area contributed by atoms with Gasteiger partial charge in [-0.05, 0) is 118 Å². The highest BCUT2D eigenvalue weighted by atomic mass is 32.1. The molecule has 0 spiro atoms. The molecule has 5 nitrogen and oxygen atoms in total. The molecule has 7 atom stereocenters. The highest BCUT2D eigenvalue weighted by Gasteiger charge is 2.56. The predicted octanol–water partition coefficient (Wildman–Crippen LogP) is 9.18. The standard InChI is InChI=1S/C39H59NO4S/c1-6-8-12-31-25-40-37(45-31)39(21-22-39)35(44-36(43)13-9-7-2)19-14-26(3)32-17-18-33-28(11-10-20-38(32,33)5)15-16-29-23-30(41)24-34(42)27(29)4/h15-16,25-26,30,32-35,41-42H,4,6-14,17-24H2,1-3,5H3/b28-15+,29-16-/t26-,30-,32-,33+,34+,35+,38-/m1/s1. The van der Waals surface area contributed by atoms with Crippen LogP contribution in [-0.2, 0) is 21.4 Å². The zero-order chi connectivity index (χ0) is 32.2. The van der Waals surface area contributed by atoms with Gasteiger partial charge in [0.15, 0.2) is 0 Å². The van der Waals surface area contributed by atoms with Gasteiger partial charge < -0.3 is 14.9 Å². The number of aliphatic hydroxyl groups excluding tert-OH is 2. The smallest absolute Gasteiger partial charge is 0.306 e. The number of carbonyl (C=O) groups excluding carboxylic acids is 1. The molecule has 0 aromatic carbocycles. The van der Waals surface area contributed by atoms with E-state index in [1.165, 1.54) is 54.0 Å². The molecule has 0 unspecified atom stereocenters. The van der Waals surface area contributed by atoms with Crippen molar-refractivity contribution in [2.75, 3.05) is 0 Å². The van der Waals surface area contributed by atoms with Gasteiger partial charge in [-0.25, -0.2) is 4.98 Å². The molecule has 0 saturated heterocycles. The zero-order valence-electron chi connectivity index (χ0n) is 28.5. The number of nitrogens with zero attached hydrogens (tertiary/aromatic N) is 1. The summed E-state index contributed by atoms with van der Waals surface area (Å²) in [6, 6.07) is 0.